The summed E-state index contributed by atoms with van der Waals surface area (Å²) in [7, 11) is 1.76. The third kappa shape index (κ3) is 3.16. The third-order valence-electron chi connectivity index (χ3n) is 3.09. The Bertz CT molecular complexity index is 622. The Kier molecular flexibility index (Phi) is 4.73. The van der Waals surface area contributed by atoms with Crippen molar-refractivity contribution in [1.29, 1.82) is 0 Å². The lowest BCUT2D eigenvalue weighted by molar-refractivity contribution is 0.0945. The lowest BCUT2D eigenvalue weighted by atomic mass is 10.2. The molecular formula is C14H16ClN3OS. The Morgan fingerprint density at radius 3 is 2.55 bits per heavy atom. The lowest BCUT2D eigenvalue weighted by Gasteiger charge is -2.04. The van der Waals surface area contributed by atoms with E-state index >= 15 is 0 Å². The quantitative estimate of drug-likeness (QED) is 0.883. The normalized spacial score (nSPS) is 10.6. The van der Waals surface area contributed by atoms with Gasteiger partial charge >= 0.3 is 0 Å². The van der Waals surface area contributed by atoms with Crippen molar-refractivity contribution in [1.82, 2.24) is 15.1 Å². The number of thioether (sulfide) groups is 1. The predicted molar refractivity (Wildman–Crippen MR) is 82.3 cm³/mol. The topological polar surface area (TPSA) is 46.9 Å². The highest BCUT2D eigenvalue weighted by Crippen LogP contribution is 2.19. The van der Waals surface area contributed by atoms with Crippen LogP contribution in [0.1, 0.15) is 21.7 Å². The minimum atomic E-state index is -0.257. The molecule has 0 bridgehead atoms. The summed E-state index contributed by atoms with van der Waals surface area (Å²) in [5.74, 6) is -0.257. The number of amides is 1. The van der Waals surface area contributed by atoms with Crippen LogP contribution < -0.4 is 5.32 Å². The molecule has 0 unspecified atom stereocenters. The number of aromatic nitrogens is 2. The smallest absolute Gasteiger partial charge is 0.273 e. The van der Waals surface area contributed by atoms with E-state index in [4.69, 9.17) is 11.6 Å². The van der Waals surface area contributed by atoms with E-state index in [1.54, 1.807) is 23.5 Å². The monoisotopic (exact) mass is 309 g/mol. The molecule has 1 aromatic carbocycles. The second-order valence-electron chi connectivity index (χ2n) is 4.40. The van der Waals surface area contributed by atoms with Crippen LogP contribution in [0.4, 0.5) is 0 Å². The van der Waals surface area contributed by atoms with Crippen molar-refractivity contribution in [3.05, 3.63) is 46.2 Å². The maximum Gasteiger partial charge on any atom is 0.273 e. The molecule has 0 saturated carbocycles. The number of hydrogen-bond donors (Lipinski definition) is 1. The SMILES string of the molecule is CSc1ccc(CNC(=O)c2nn(C)c(C)c2Cl)cc1. The summed E-state index contributed by atoms with van der Waals surface area (Å²) in [6.07, 6.45) is 2.03. The molecule has 0 saturated heterocycles. The van der Waals surface area contributed by atoms with Crippen molar-refractivity contribution < 1.29 is 4.79 Å². The first-order valence-electron chi connectivity index (χ1n) is 6.13. The summed E-state index contributed by atoms with van der Waals surface area (Å²) in [6.45, 7) is 2.28. The molecule has 0 aliphatic carbocycles. The van der Waals surface area contributed by atoms with Gasteiger partial charge in [-0.25, -0.2) is 0 Å². The van der Waals surface area contributed by atoms with E-state index in [0.717, 1.165) is 11.3 Å². The Labute approximate surface area is 127 Å². The zero-order chi connectivity index (χ0) is 14.7. The Morgan fingerprint density at radius 1 is 1.40 bits per heavy atom. The largest absolute Gasteiger partial charge is 0.347 e. The van der Waals surface area contributed by atoms with Gasteiger partial charge in [0.1, 0.15) is 0 Å². The summed E-state index contributed by atoms with van der Waals surface area (Å²) >= 11 is 7.77. The van der Waals surface area contributed by atoms with Gasteiger partial charge in [-0.3, -0.25) is 9.48 Å². The van der Waals surface area contributed by atoms with Crippen LogP contribution in [0.2, 0.25) is 5.02 Å². The van der Waals surface area contributed by atoms with Gasteiger partial charge in [0.25, 0.3) is 5.91 Å². The number of nitrogens with one attached hydrogen (secondary N) is 1. The first kappa shape index (κ1) is 14.9. The van der Waals surface area contributed by atoms with Crippen molar-refractivity contribution >= 4 is 29.3 Å². The van der Waals surface area contributed by atoms with Gasteiger partial charge in [0.15, 0.2) is 5.69 Å². The second-order valence-corrected chi connectivity index (χ2v) is 5.66. The molecule has 1 heterocycles. The van der Waals surface area contributed by atoms with Crippen LogP contribution in [0.3, 0.4) is 0 Å². The fourth-order valence-electron chi connectivity index (χ4n) is 1.74. The van der Waals surface area contributed by atoms with Gasteiger partial charge in [-0.15, -0.1) is 11.8 Å². The molecule has 0 radical (unpaired) electrons. The molecule has 1 amide bonds. The van der Waals surface area contributed by atoms with Crippen LogP contribution >= 0.6 is 23.4 Å². The highest BCUT2D eigenvalue weighted by Gasteiger charge is 2.17. The molecule has 4 nitrogen and oxygen atoms in total. The third-order valence-corrected chi connectivity index (χ3v) is 4.28. The molecule has 0 fully saturated rings. The molecule has 106 valence electrons. The highest BCUT2D eigenvalue weighted by atomic mass is 35.5. The number of benzene rings is 1. The molecule has 6 heteroatoms. The van der Waals surface area contributed by atoms with Crippen molar-refractivity contribution in [2.24, 2.45) is 7.05 Å². The minimum Gasteiger partial charge on any atom is -0.347 e. The highest BCUT2D eigenvalue weighted by molar-refractivity contribution is 7.98. The Morgan fingerprint density at radius 2 is 2.05 bits per heavy atom. The second kappa shape index (κ2) is 6.33. The molecule has 2 rings (SSSR count). The standard InChI is InChI=1S/C14H16ClN3OS/c1-9-12(15)13(17-18(9)2)14(19)16-8-10-4-6-11(20-3)7-5-10/h4-7H,8H2,1-3H3,(H,16,19). The van der Waals surface area contributed by atoms with E-state index in [0.29, 0.717) is 11.6 Å². The van der Waals surface area contributed by atoms with Crippen molar-refractivity contribution in [2.45, 2.75) is 18.4 Å². The molecule has 0 aliphatic rings. The fourth-order valence-corrected chi connectivity index (χ4v) is 2.39. The maximum absolute atomic E-state index is 12.1. The van der Waals surface area contributed by atoms with E-state index < -0.39 is 0 Å². The molecule has 1 N–H and O–H groups in total. The Hall–Kier alpha value is -1.46. The first-order chi connectivity index (χ1) is 9.52. The molecular weight excluding hydrogens is 294 g/mol. The van der Waals surface area contributed by atoms with Crippen molar-refractivity contribution in [2.75, 3.05) is 6.26 Å². The molecule has 2 aromatic rings. The van der Waals surface area contributed by atoms with Gasteiger partial charge in [0.05, 0.1) is 10.7 Å². The lowest BCUT2D eigenvalue weighted by Crippen LogP contribution is -2.23. The Balaban J connectivity index is 2.02. The summed E-state index contributed by atoms with van der Waals surface area (Å²) in [5, 5.41) is 7.35. The summed E-state index contributed by atoms with van der Waals surface area (Å²) in [6, 6.07) is 8.06. The predicted octanol–water partition coefficient (Wildman–Crippen LogP) is 3.03. The van der Waals surface area contributed by atoms with Gasteiger partial charge in [0, 0.05) is 18.5 Å². The zero-order valence-electron chi connectivity index (χ0n) is 11.6. The van der Waals surface area contributed by atoms with Crippen LogP contribution in [-0.4, -0.2) is 21.9 Å². The number of aryl methyl sites for hydroxylation is 1. The van der Waals surface area contributed by atoms with E-state index in [-0.39, 0.29) is 11.6 Å². The first-order valence-corrected chi connectivity index (χ1v) is 7.73. The van der Waals surface area contributed by atoms with Crippen LogP contribution in [0.5, 0.6) is 0 Å². The summed E-state index contributed by atoms with van der Waals surface area (Å²) in [4.78, 5) is 13.2. The van der Waals surface area contributed by atoms with Crippen molar-refractivity contribution in [3.63, 3.8) is 0 Å². The number of carbonyl (C=O) groups is 1. The van der Waals surface area contributed by atoms with Gasteiger partial charge in [-0.2, -0.15) is 5.10 Å². The van der Waals surface area contributed by atoms with E-state index in [1.165, 1.54) is 4.90 Å². The number of nitrogens with zero attached hydrogens (tertiary/aromatic N) is 2. The summed E-state index contributed by atoms with van der Waals surface area (Å²) < 4.78 is 1.60. The molecule has 0 spiro atoms. The van der Waals surface area contributed by atoms with Crippen LogP contribution in [-0.2, 0) is 13.6 Å². The van der Waals surface area contributed by atoms with E-state index in [2.05, 4.69) is 10.4 Å². The van der Waals surface area contributed by atoms with E-state index in [1.807, 2.05) is 37.4 Å². The molecule has 20 heavy (non-hydrogen) atoms. The van der Waals surface area contributed by atoms with E-state index in [9.17, 15) is 4.79 Å². The number of rotatable bonds is 4. The molecule has 1 aromatic heterocycles. The average molecular weight is 310 g/mol. The maximum atomic E-state index is 12.1. The minimum absolute atomic E-state index is 0.257. The number of halogens is 1. The molecule has 0 atom stereocenters. The van der Waals surface area contributed by atoms with Crippen molar-refractivity contribution in [3.8, 4) is 0 Å². The van der Waals surface area contributed by atoms with Gasteiger partial charge in [0.2, 0.25) is 0 Å². The van der Waals surface area contributed by atoms with Crippen LogP contribution in [0.25, 0.3) is 0 Å². The van der Waals surface area contributed by atoms with Gasteiger partial charge in [-0.1, -0.05) is 23.7 Å². The van der Waals surface area contributed by atoms with Gasteiger partial charge in [-0.05, 0) is 30.9 Å². The number of hydrogen-bond acceptors (Lipinski definition) is 3. The average Bonchev–Trinajstić information content (AvgIpc) is 2.73. The number of carbonyl (C=O) groups excluding carboxylic acids is 1. The van der Waals surface area contributed by atoms with Crippen LogP contribution in [0, 0.1) is 6.92 Å². The zero-order valence-corrected chi connectivity index (χ0v) is 13.2. The summed E-state index contributed by atoms with van der Waals surface area (Å²) in [5.41, 5.74) is 2.09. The fraction of sp³-hybridized carbons (Fsp3) is 0.286. The van der Waals surface area contributed by atoms with Crippen LogP contribution in [0.15, 0.2) is 29.2 Å². The molecule has 0 aliphatic heterocycles. The van der Waals surface area contributed by atoms with Gasteiger partial charge < -0.3 is 5.32 Å².